The van der Waals surface area contributed by atoms with Crippen molar-refractivity contribution in [2.45, 2.75) is 12.8 Å². The van der Waals surface area contributed by atoms with Crippen molar-refractivity contribution in [2.24, 2.45) is 0 Å². The molecule has 1 aromatic heterocycles. The Balaban J connectivity index is 1.97. The molecule has 0 atom stereocenters. The molecule has 2 heterocycles. The van der Waals surface area contributed by atoms with Gasteiger partial charge in [0.1, 0.15) is 18.1 Å². The molecule has 1 N–H and O–H groups in total. The predicted octanol–water partition coefficient (Wildman–Crippen LogP) is 1.05. The summed E-state index contributed by atoms with van der Waals surface area (Å²) in [5.74, 6) is -2.48. The Hall–Kier alpha value is -1.87. The van der Waals surface area contributed by atoms with Gasteiger partial charge in [-0.2, -0.15) is 0 Å². The van der Waals surface area contributed by atoms with E-state index in [4.69, 9.17) is 5.11 Å². The van der Waals surface area contributed by atoms with Crippen LogP contribution in [0.4, 0.5) is 20.3 Å². The lowest BCUT2D eigenvalue weighted by Gasteiger charge is -2.36. The summed E-state index contributed by atoms with van der Waals surface area (Å²) < 4.78 is 26.3. The third-order valence-electron chi connectivity index (χ3n) is 3.62. The van der Waals surface area contributed by atoms with E-state index in [1.807, 2.05) is 4.90 Å². The lowest BCUT2D eigenvalue weighted by atomic mass is 10.2. The molecular formula is C13H18F2N4O3. The topological polar surface area (TPSA) is 82.7 Å². The molecule has 1 aromatic rings. The molecule has 1 aliphatic heterocycles. The summed E-state index contributed by atoms with van der Waals surface area (Å²) in [5, 5.41) is 19.4. The summed E-state index contributed by atoms with van der Waals surface area (Å²) in [7, 11) is 0. The standard InChI is InChI=1S/C13H18F2N4O3/c1-10-11(19(21)22)2-3-12(16-10)18-6-4-17(5-7-18)8-13(14,15)9-20/h2-3,20H,4-9H2,1H3. The minimum absolute atomic E-state index is 0.0371. The van der Waals surface area contributed by atoms with Crippen LogP contribution >= 0.6 is 0 Å². The molecule has 7 nitrogen and oxygen atoms in total. The number of halogens is 2. The van der Waals surface area contributed by atoms with E-state index in [1.54, 1.807) is 17.9 Å². The van der Waals surface area contributed by atoms with E-state index in [1.165, 1.54) is 6.07 Å². The lowest BCUT2D eigenvalue weighted by Crippen LogP contribution is -2.50. The summed E-state index contributed by atoms with van der Waals surface area (Å²) in [6, 6.07) is 2.98. The first-order valence-corrected chi connectivity index (χ1v) is 6.90. The molecule has 0 amide bonds. The second kappa shape index (κ2) is 6.49. The highest BCUT2D eigenvalue weighted by molar-refractivity contribution is 5.47. The normalized spacial score (nSPS) is 16.8. The number of aryl methyl sites for hydroxylation is 1. The molecule has 1 saturated heterocycles. The van der Waals surface area contributed by atoms with Crippen molar-refractivity contribution in [1.82, 2.24) is 9.88 Å². The van der Waals surface area contributed by atoms with Crippen LogP contribution in [-0.2, 0) is 0 Å². The predicted molar refractivity (Wildman–Crippen MR) is 76.3 cm³/mol. The minimum atomic E-state index is -3.09. The number of nitrogens with zero attached hydrogens (tertiary/aromatic N) is 4. The van der Waals surface area contributed by atoms with E-state index in [2.05, 4.69) is 4.98 Å². The summed E-state index contributed by atoms with van der Waals surface area (Å²) in [4.78, 5) is 18.0. The van der Waals surface area contributed by atoms with Crippen LogP contribution in [0.15, 0.2) is 12.1 Å². The van der Waals surface area contributed by atoms with Crippen LogP contribution in [0.5, 0.6) is 0 Å². The average Bonchev–Trinajstić information content (AvgIpc) is 2.47. The van der Waals surface area contributed by atoms with E-state index in [0.29, 0.717) is 37.7 Å². The summed E-state index contributed by atoms with van der Waals surface area (Å²) in [6.07, 6.45) is 0. The largest absolute Gasteiger partial charge is 0.390 e. The monoisotopic (exact) mass is 316 g/mol. The zero-order valence-electron chi connectivity index (χ0n) is 12.2. The number of pyridine rings is 1. The van der Waals surface area contributed by atoms with Gasteiger partial charge in [0, 0.05) is 32.2 Å². The smallest absolute Gasteiger partial charge is 0.290 e. The van der Waals surface area contributed by atoms with E-state index >= 15 is 0 Å². The van der Waals surface area contributed by atoms with E-state index in [9.17, 15) is 18.9 Å². The molecule has 0 spiro atoms. The van der Waals surface area contributed by atoms with Crippen molar-refractivity contribution in [2.75, 3.05) is 44.2 Å². The second-order valence-electron chi connectivity index (χ2n) is 5.31. The van der Waals surface area contributed by atoms with Crippen LogP contribution < -0.4 is 4.90 Å². The number of hydrogen-bond acceptors (Lipinski definition) is 6. The molecule has 0 bridgehead atoms. The molecule has 122 valence electrons. The van der Waals surface area contributed by atoms with Crippen molar-refractivity contribution >= 4 is 11.5 Å². The van der Waals surface area contributed by atoms with Gasteiger partial charge in [0.2, 0.25) is 0 Å². The maximum atomic E-state index is 13.1. The zero-order valence-corrected chi connectivity index (χ0v) is 12.2. The quantitative estimate of drug-likeness (QED) is 0.646. The fourth-order valence-electron chi connectivity index (χ4n) is 2.42. The number of aromatic nitrogens is 1. The molecule has 0 aliphatic carbocycles. The van der Waals surface area contributed by atoms with E-state index in [0.717, 1.165) is 0 Å². The molecule has 0 aromatic carbocycles. The van der Waals surface area contributed by atoms with Gasteiger partial charge in [-0.15, -0.1) is 0 Å². The van der Waals surface area contributed by atoms with Crippen molar-refractivity contribution in [3.05, 3.63) is 27.9 Å². The molecule has 1 fully saturated rings. The maximum absolute atomic E-state index is 13.1. The van der Waals surface area contributed by atoms with Gasteiger partial charge >= 0.3 is 0 Å². The van der Waals surface area contributed by atoms with Gasteiger partial charge in [0.15, 0.2) is 0 Å². The number of alkyl halides is 2. The van der Waals surface area contributed by atoms with Crippen molar-refractivity contribution < 1.29 is 18.8 Å². The van der Waals surface area contributed by atoms with Crippen molar-refractivity contribution in [1.29, 1.82) is 0 Å². The van der Waals surface area contributed by atoms with Gasteiger partial charge in [0.25, 0.3) is 11.6 Å². The third-order valence-corrected chi connectivity index (χ3v) is 3.62. The first kappa shape index (κ1) is 16.5. The van der Waals surface area contributed by atoms with E-state index in [-0.39, 0.29) is 5.69 Å². The van der Waals surface area contributed by atoms with Gasteiger partial charge in [-0.1, -0.05) is 0 Å². The minimum Gasteiger partial charge on any atom is -0.390 e. The average molecular weight is 316 g/mol. The Morgan fingerprint density at radius 1 is 1.36 bits per heavy atom. The molecular weight excluding hydrogens is 298 g/mol. The highest BCUT2D eigenvalue weighted by Gasteiger charge is 2.32. The Kier molecular flexibility index (Phi) is 4.87. The summed E-state index contributed by atoms with van der Waals surface area (Å²) in [6.45, 7) is 1.80. The highest BCUT2D eigenvalue weighted by Crippen LogP contribution is 2.22. The van der Waals surface area contributed by atoms with Crippen molar-refractivity contribution in [3.8, 4) is 0 Å². The van der Waals surface area contributed by atoms with Gasteiger partial charge in [0.05, 0.1) is 11.5 Å². The van der Waals surface area contributed by atoms with Crippen LogP contribution in [0.1, 0.15) is 5.69 Å². The summed E-state index contributed by atoms with van der Waals surface area (Å²) in [5.41, 5.74) is 0.293. The molecule has 0 saturated carbocycles. The van der Waals surface area contributed by atoms with Crippen LogP contribution in [-0.4, -0.2) is 65.2 Å². The Morgan fingerprint density at radius 3 is 2.50 bits per heavy atom. The number of aliphatic hydroxyl groups is 1. The SMILES string of the molecule is Cc1nc(N2CCN(CC(F)(F)CO)CC2)ccc1[N+](=O)[O-]. The zero-order chi connectivity index (χ0) is 16.3. The number of aliphatic hydroxyl groups excluding tert-OH is 1. The van der Waals surface area contributed by atoms with Crippen LogP contribution in [0.2, 0.25) is 0 Å². The highest BCUT2D eigenvalue weighted by atomic mass is 19.3. The number of hydrogen-bond donors (Lipinski definition) is 1. The van der Waals surface area contributed by atoms with Crippen LogP contribution in [0.25, 0.3) is 0 Å². The molecule has 1 aliphatic rings. The molecule has 0 unspecified atom stereocenters. The van der Waals surface area contributed by atoms with Gasteiger partial charge in [-0.3, -0.25) is 15.0 Å². The Morgan fingerprint density at radius 2 is 2.00 bits per heavy atom. The first-order valence-electron chi connectivity index (χ1n) is 6.90. The Labute approximate surface area is 126 Å². The fraction of sp³-hybridized carbons (Fsp3) is 0.615. The maximum Gasteiger partial charge on any atom is 0.290 e. The summed E-state index contributed by atoms with van der Waals surface area (Å²) >= 11 is 0. The van der Waals surface area contributed by atoms with Gasteiger partial charge in [-0.25, -0.2) is 13.8 Å². The molecule has 9 heteroatoms. The van der Waals surface area contributed by atoms with Crippen molar-refractivity contribution in [3.63, 3.8) is 0 Å². The first-order chi connectivity index (χ1) is 10.3. The van der Waals surface area contributed by atoms with Gasteiger partial charge in [-0.05, 0) is 13.0 Å². The third kappa shape index (κ3) is 3.86. The molecule has 22 heavy (non-hydrogen) atoms. The lowest BCUT2D eigenvalue weighted by molar-refractivity contribution is -0.385. The van der Waals surface area contributed by atoms with Gasteiger partial charge < -0.3 is 10.0 Å². The number of nitro groups is 1. The molecule has 2 rings (SSSR count). The number of rotatable bonds is 5. The van der Waals surface area contributed by atoms with Crippen LogP contribution in [0, 0.1) is 17.0 Å². The van der Waals surface area contributed by atoms with Crippen LogP contribution in [0.3, 0.4) is 0 Å². The Bertz CT molecular complexity index is 548. The second-order valence-corrected chi connectivity index (χ2v) is 5.31. The molecule has 0 radical (unpaired) electrons. The fourth-order valence-corrected chi connectivity index (χ4v) is 2.42. The number of anilines is 1. The number of piperazine rings is 1. The van der Waals surface area contributed by atoms with E-state index < -0.39 is 24.0 Å².